The third-order valence-electron chi connectivity index (χ3n) is 9.41. The Morgan fingerprint density at radius 1 is 0.660 bits per heavy atom. The van der Waals surface area contributed by atoms with Crippen LogP contribution in [0.1, 0.15) is 63.8 Å². The molecule has 2 bridgehead atoms. The summed E-state index contributed by atoms with van der Waals surface area (Å²) in [5.41, 5.74) is 9.82. The first-order valence-corrected chi connectivity index (χ1v) is 16.0. The van der Waals surface area contributed by atoms with Gasteiger partial charge in [0.25, 0.3) is 0 Å². The van der Waals surface area contributed by atoms with E-state index in [4.69, 9.17) is 9.47 Å². The predicted octanol–water partition coefficient (Wildman–Crippen LogP) is 10.9. The molecular weight excluding hydrogens is 762 g/mol. The molecule has 5 nitrogen and oxygen atoms in total. The minimum absolute atomic E-state index is 0. The van der Waals surface area contributed by atoms with Crippen LogP contribution in [0.4, 0.5) is 22.7 Å². The fourth-order valence-electron chi connectivity index (χ4n) is 6.56. The molecule has 4 aromatic carbocycles. The number of nitrogens with zero attached hydrogens (tertiary/aromatic N) is 3. The van der Waals surface area contributed by atoms with E-state index in [0.717, 1.165) is 22.4 Å². The van der Waals surface area contributed by atoms with Crippen LogP contribution in [0.3, 0.4) is 0 Å². The molecule has 0 aliphatic carbocycles. The summed E-state index contributed by atoms with van der Waals surface area (Å²) in [6, 6.07) is 36.7. The van der Waals surface area contributed by atoms with Gasteiger partial charge in [0, 0.05) is 68.4 Å². The van der Waals surface area contributed by atoms with Crippen LogP contribution in [0.2, 0.25) is 0 Å². The third kappa shape index (κ3) is 5.84. The van der Waals surface area contributed by atoms with E-state index in [9.17, 15) is 0 Å². The standard InChI is InChI=1S/C41H42N3O2.Pt/c1-28-19-37-38(20-29(28)2)44(26-43(37,27-44)32-13-10-9-11-14-32)33-21-31(41(6,7)8)22-36(24-33)45-34-15-12-16-35(25-34)46-39-23-30(17-18-42-39)40(3,4)5;/h9-23,26H,27H2,1-8H3;/q-1;/t43-,44+;/m0./s1. The minimum Gasteiger partial charge on any atom is -0.509 e. The summed E-state index contributed by atoms with van der Waals surface area (Å²) in [5.74, 6) is 2.30. The first kappa shape index (κ1) is 33.2. The van der Waals surface area contributed by atoms with Crippen LogP contribution in [-0.2, 0) is 31.9 Å². The summed E-state index contributed by atoms with van der Waals surface area (Å²) >= 11 is 0. The molecule has 3 aliphatic heterocycles. The Morgan fingerprint density at radius 2 is 1.28 bits per heavy atom. The van der Waals surface area contributed by atoms with E-state index in [1.54, 1.807) is 6.20 Å². The van der Waals surface area contributed by atoms with E-state index in [1.807, 2.05) is 30.3 Å². The Kier molecular flexibility index (Phi) is 8.28. The van der Waals surface area contributed by atoms with Crippen molar-refractivity contribution >= 4 is 22.7 Å². The van der Waals surface area contributed by atoms with Gasteiger partial charge >= 0.3 is 0 Å². The van der Waals surface area contributed by atoms with Gasteiger partial charge in [-0.25, -0.2) is 4.98 Å². The molecule has 0 radical (unpaired) electrons. The fourth-order valence-corrected chi connectivity index (χ4v) is 6.56. The molecule has 2 atom stereocenters. The van der Waals surface area contributed by atoms with Gasteiger partial charge in [0.2, 0.25) is 5.88 Å². The zero-order valence-electron chi connectivity index (χ0n) is 28.4. The number of quaternary nitrogens is 2. The van der Waals surface area contributed by atoms with E-state index >= 15 is 0 Å². The topological polar surface area (TPSA) is 31.4 Å². The third-order valence-corrected chi connectivity index (χ3v) is 9.41. The van der Waals surface area contributed by atoms with Crippen LogP contribution in [0, 0.1) is 32.6 Å². The second-order valence-electron chi connectivity index (χ2n) is 14.8. The van der Waals surface area contributed by atoms with E-state index in [-0.39, 0.29) is 31.9 Å². The molecule has 0 amide bonds. The van der Waals surface area contributed by atoms with Gasteiger partial charge in [-0.15, -0.1) is 29.8 Å². The molecule has 0 N–H and O–H groups in total. The van der Waals surface area contributed by atoms with Crippen LogP contribution in [0.15, 0.2) is 91.1 Å². The normalized spacial score (nSPS) is 19.7. The molecule has 0 spiro atoms. The van der Waals surface area contributed by atoms with Crippen molar-refractivity contribution in [3.63, 3.8) is 0 Å². The van der Waals surface area contributed by atoms with Crippen LogP contribution >= 0.6 is 0 Å². The average Bonchev–Trinajstić information content (AvgIpc) is 3.42. The molecule has 1 fully saturated rings. The Labute approximate surface area is 294 Å². The number of benzene rings is 4. The van der Waals surface area contributed by atoms with Crippen molar-refractivity contribution in [1.82, 2.24) is 14.0 Å². The van der Waals surface area contributed by atoms with E-state index in [2.05, 4.69) is 134 Å². The van der Waals surface area contributed by atoms with Crippen molar-refractivity contribution in [1.29, 1.82) is 0 Å². The first-order chi connectivity index (χ1) is 21.8. The number of pyridine rings is 1. The molecule has 47 heavy (non-hydrogen) atoms. The number of para-hydroxylation sites is 1. The molecule has 3 aliphatic rings. The SMILES string of the molecule is Cc1cc2c(cc1C)[N@+]1(c3[c-]c(Oc4[c-]c(Oc5cc(C(C)(C)C)ccn5)ccc4)cc(C(C)(C)C)c3)[CH-][N@@+]2(c2ccccc2)C1.[Pt]. The smallest absolute Gasteiger partial charge is 0.216 e. The second-order valence-corrected chi connectivity index (χ2v) is 14.8. The molecule has 244 valence electrons. The van der Waals surface area contributed by atoms with Crippen LogP contribution < -0.4 is 18.4 Å². The molecule has 1 aromatic heterocycles. The van der Waals surface area contributed by atoms with E-state index in [1.165, 1.54) is 33.8 Å². The molecule has 8 rings (SSSR count). The predicted molar refractivity (Wildman–Crippen MR) is 187 cm³/mol. The van der Waals surface area contributed by atoms with Crippen LogP contribution in [-0.4, -0.2) is 11.7 Å². The quantitative estimate of drug-likeness (QED) is 0.127. The van der Waals surface area contributed by atoms with Crippen LogP contribution in [0.25, 0.3) is 0 Å². The molecule has 5 aromatic rings. The maximum absolute atomic E-state index is 6.53. The Balaban J connectivity index is 0.00000386. The molecular formula is C41H42N3O2Pt-. The van der Waals surface area contributed by atoms with Gasteiger partial charge < -0.3 is 14.0 Å². The number of hydrogen-bond acceptors (Lipinski definition) is 3. The van der Waals surface area contributed by atoms with Gasteiger partial charge in [0.15, 0.2) is 18.0 Å². The zero-order valence-corrected chi connectivity index (χ0v) is 30.7. The summed E-state index contributed by atoms with van der Waals surface area (Å²) in [4.78, 5) is 4.43. The summed E-state index contributed by atoms with van der Waals surface area (Å²) in [5, 5.41) is 0. The van der Waals surface area contributed by atoms with Gasteiger partial charge in [-0.2, -0.15) is 6.07 Å². The summed E-state index contributed by atoms with van der Waals surface area (Å²) in [7, 11) is 0. The van der Waals surface area contributed by atoms with Gasteiger partial charge in [0.05, 0.1) is 6.67 Å². The van der Waals surface area contributed by atoms with Gasteiger partial charge in [0.1, 0.15) is 5.69 Å². The summed E-state index contributed by atoms with van der Waals surface area (Å²) in [6.45, 7) is 21.0. The van der Waals surface area contributed by atoms with Crippen molar-refractivity contribution in [2.75, 3.05) is 6.67 Å². The second kappa shape index (κ2) is 11.7. The summed E-state index contributed by atoms with van der Waals surface area (Å²) in [6.07, 6.45) is 1.79. The Morgan fingerprint density at radius 3 is 1.91 bits per heavy atom. The van der Waals surface area contributed by atoms with E-state index < -0.39 is 0 Å². The molecule has 0 unspecified atom stereocenters. The van der Waals surface area contributed by atoms with E-state index in [0.29, 0.717) is 27.6 Å². The Hall–Kier alpha value is -3.76. The van der Waals surface area contributed by atoms with Gasteiger partial charge in [-0.1, -0.05) is 71.9 Å². The Bertz CT molecular complexity index is 1950. The van der Waals surface area contributed by atoms with Crippen LogP contribution in [0.5, 0.6) is 23.1 Å². The number of hydrogen-bond donors (Lipinski definition) is 0. The van der Waals surface area contributed by atoms with Crippen molar-refractivity contribution in [2.45, 2.75) is 66.2 Å². The maximum Gasteiger partial charge on any atom is 0.216 e. The average molecular weight is 804 g/mol. The molecule has 6 heteroatoms. The largest absolute Gasteiger partial charge is 0.509 e. The van der Waals surface area contributed by atoms with Crippen molar-refractivity contribution in [3.05, 3.63) is 132 Å². The van der Waals surface area contributed by atoms with Crippen molar-refractivity contribution in [3.8, 4) is 23.1 Å². The van der Waals surface area contributed by atoms with Gasteiger partial charge in [-0.05, 0) is 59.6 Å². The molecule has 0 saturated carbocycles. The first-order valence-electron chi connectivity index (χ1n) is 16.0. The van der Waals surface area contributed by atoms with Crippen molar-refractivity contribution < 1.29 is 30.5 Å². The van der Waals surface area contributed by atoms with Gasteiger partial charge in [-0.3, -0.25) is 4.48 Å². The fraction of sp³-hybridized carbons (Fsp3) is 0.268. The number of rotatable bonds is 6. The monoisotopic (exact) mass is 803 g/mol. The maximum atomic E-state index is 6.53. The number of ether oxygens (including phenoxy) is 2. The number of aryl methyl sites for hydroxylation is 2. The molecule has 1 saturated heterocycles. The van der Waals surface area contributed by atoms with Crippen molar-refractivity contribution in [2.24, 2.45) is 0 Å². The molecule has 4 heterocycles. The summed E-state index contributed by atoms with van der Waals surface area (Å²) < 4.78 is 14.0. The number of aromatic nitrogens is 1. The zero-order chi connectivity index (χ0) is 32.5. The minimum atomic E-state index is -0.0965.